The van der Waals surface area contributed by atoms with Gasteiger partial charge in [0.2, 0.25) is 5.91 Å². The number of imidazole rings is 1. The minimum Gasteiger partial charge on any atom is -0.494 e. The number of H-pyrrole nitrogens is 1. The Morgan fingerprint density at radius 3 is 2.59 bits per heavy atom. The third-order valence-corrected chi connectivity index (χ3v) is 4.74. The molecule has 2 aromatic heterocycles. The number of aromatic nitrogens is 4. The first-order valence-corrected chi connectivity index (χ1v) is 9.20. The van der Waals surface area contributed by atoms with E-state index in [-0.39, 0.29) is 22.8 Å². The number of fused-ring (bicyclic) bond motifs is 1. The molecule has 0 bridgehead atoms. The first-order chi connectivity index (χ1) is 12.9. The SMILES string of the molecule is CCOc1ccc(NC(=O)CSc2nc3c([nH]2)c(=O)n(C)c(=O)n3C)cc1. The van der Waals surface area contributed by atoms with Crippen molar-refractivity contribution in [2.75, 3.05) is 17.7 Å². The highest BCUT2D eigenvalue weighted by Gasteiger charge is 2.14. The second-order valence-electron chi connectivity index (χ2n) is 5.74. The lowest BCUT2D eigenvalue weighted by Gasteiger charge is -2.06. The summed E-state index contributed by atoms with van der Waals surface area (Å²) in [5, 5.41) is 3.17. The molecule has 0 saturated heterocycles. The molecule has 0 unspecified atom stereocenters. The van der Waals surface area contributed by atoms with Gasteiger partial charge in [-0.2, -0.15) is 0 Å². The first-order valence-electron chi connectivity index (χ1n) is 8.22. The molecule has 0 aliphatic carbocycles. The Bertz CT molecular complexity index is 1100. The molecule has 0 saturated carbocycles. The Morgan fingerprint density at radius 2 is 1.93 bits per heavy atom. The summed E-state index contributed by atoms with van der Waals surface area (Å²) in [7, 11) is 2.94. The molecule has 0 aliphatic heterocycles. The molecule has 27 heavy (non-hydrogen) atoms. The number of amides is 1. The molecule has 3 rings (SSSR count). The normalized spacial score (nSPS) is 10.9. The third kappa shape index (κ3) is 3.90. The van der Waals surface area contributed by atoms with E-state index >= 15 is 0 Å². The summed E-state index contributed by atoms with van der Waals surface area (Å²) in [6.45, 7) is 2.48. The molecular formula is C17H19N5O4S. The van der Waals surface area contributed by atoms with Crippen molar-refractivity contribution < 1.29 is 9.53 Å². The average molecular weight is 389 g/mol. The van der Waals surface area contributed by atoms with Gasteiger partial charge in [0.1, 0.15) is 5.75 Å². The molecule has 0 spiro atoms. The van der Waals surface area contributed by atoms with Gasteiger partial charge >= 0.3 is 5.69 Å². The van der Waals surface area contributed by atoms with Gasteiger partial charge in [-0.05, 0) is 31.2 Å². The molecule has 1 amide bonds. The van der Waals surface area contributed by atoms with Crippen molar-refractivity contribution in [1.29, 1.82) is 0 Å². The number of hydrogen-bond donors (Lipinski definition) is 2. The number of aryl methyl sites for hydroxylation is 1. The Kier molecular flexibility index (Phi) is 5.36. The zero-order chi connectivity index (χ0) is 19.6. The van der Waals surface area contributed by atoms with Crippen LogP contribution in [0.4, 0.5) is 5.69 Å². The fourth-order valence-corrected chi connectivity index (χ4v) is 3.17. The molecule has 10 heteroatoms. The lowest BCUT2D eigenvalue weighted by atomic mass is 10.3. The number of nitrogens with zero attached hydrogens (tertiary/aromatic N) is 3. The van der Waals surface area contributed by atoms with E-state index in [9.17, 15) is 14.4 Å². The topological polar surface area (TPSA) is 111 Å². The Morgan fingerprint density at radius 1 is 1.22 bits per heavy atom. The fourth-order valence-electron chi connectivity index (χ4n) is 2.51. The van der Waals surface area contributed by atoms with Gasteiger partial charge in [0, 0.05) is 19.8 Å². The van der Waals surface area contributed by atoms with Crippen LogP contribution in [0.15, 0.2) is 39.0 Å². The second kappa shape index (κ2) is 7.70. The highest BCUT2D eigenvalue weighted by molar-refractivity contribution is 7.99. The number of anilines is 1. The zero-order valence-corrected chi connectivity index (χ0v) is 15.9. The maximum atomic E-state index is 12.1. The number of benzene rings is 1. The monoisotopic (exact) mass is 389 g/mol. The summed E-state index contributed by atoms with van der Waals surface area (Å²) in [5.74, 6) is 0.618. The molecular weight excluding hydrogens is 370 g/mol. The smallest absolute Gasteiger partial charge is 0.332 e. The highest BCUT2D eigenvalue weighted by Crippen LogP contribution is 2.18. The minimum atomic E-state index is -0.455. The number of ether oxygens (including phenoxy) is 1. The number of carbonyl (C=O) groups excluding carboxylic acids is 1. The van der Waals surface area contributed by atoms with Crippen LogP contribution in [0.1, 0.15) is 6.92 Å². The van der Waals surface area contributed by atoms with Crippen molar-refractivity contribution in [1.82, 2.24) is 19.1 Å². The van der Waals surface area contributed by atoms with E-state index in [0.717, 1.165) is 22.1 Å². The van der Waals surface area contributed by atoms with Gasteiger partial charge in [-0.3, -0.25) is 18.7 Å². The van der Waals surface area contributed by atoms with Crippen molar-refractivity contribution in [2.45, 2.75) is 12.1 Å². The Hall–Kier alpha value is -3.01. The quantitative estimate of drug-likeness (QED) is 0.611. The number of nitrogens with one attached hydrogen (secondary N) is 2. The molecule has 1 aromatic carbocycles. The summed E-state index contributed by atoms with van der Waals surface area (Å²) in [5.41, 5.74) is 0.242. The molecule has 0 aliphatic rings. The zero-order valence-electron chi connectivity index (χ0n) is 15.1. The largest absolute Gasteiger partial charge is 0.494 e. The van der Waals surface area contributed by atoms with Crippen LogP contribution in [0.5, 0.6) is 5.75 Å². The Balaban J connectivity index is 1.68. The summed E-state index contributed by atoms with van der Waals surface area (Å²) in [6, 6.07) is 7.08. The van der Waals surface area contributed by atoms with E-state index in [1.165, 1.54) is 18.7 Å². The highest BCUT2D eigenvalue weighted by atomic mass is 32.2. The van der Waals surface area contributed by atoms with Crippen LogP contribution in [0, 0.1) is 0 Å². The standard InChI is InChI=1S/C17H19N5O4S/c1-4-26-11-7-5-10(6-8-11)18-12(23)9-27-16-19-13-14(20-16)21(2)17(25)22(3)15(13)24/h5-8H,4,9H2,1-3H3,(H,18,23)(H,19,20). The van der Waals surface area contributed by atoms with Crippen molar-refractivity contribution in [3.8, 4) is 5.75 Å². The van der Waals surface area contributed by atoms with Crippen molar-refractivity contribution in [3.05, 3.63) is 45.1 Å². The fraction of sp³-hybridized carbons (Fsp3) is 0.294. The summed E-state index contributed by atoms with van der Waals surface area (Å²) >= 11 is 1.15. The lowest BCUT2D eigenvalue weighted by molar-refractivity contribution is -0.113. The van der Waals surface area contributed by atoms with Crippen LogP contribution >= 0.6 is 11.8 Å². The molecule has 0 radical (unpaired) electrons. The van der Waals surface area contributed by atoms with E-state index in [1.807, 2.05) is 6.92 Å². The van der Waals surface area contributed by atoms with Gasteiger partial charge in [-0.1, -0.05) is 11.8 Å². The van der Waals surface area contributed by atoms with Gasteiger partial charge in [0.05, 0.1) is 12.4 Å². The molecule has 2 N–H and O–H groups in total. The van der Waals surface area contributed by atoms with E-state index in [0.29, 0.717) is 17.5 Å². The van der Waals surface area contributed by atoms with Crippen molar-refractivity contribution in [2.24, 2.45) is 14.1 Å². The molecule has 2 heterocycles. The van der Waals surface area contributed by atoms with Gasteiger partial charge in [-0.25, -0.2) is 9.78 Å². The molecule has 142 valence electrons. The number of carbonyl (C=O) groups is 1. The van der Waals surface area contributed by atoms with Crippen LogP contribution in [-0.4, -0.2) is 37.4 Å². The minimum absolute atomic E-state index is 0.0985. The van der Waals surface area contributed by atoms with Crippen molar-refractivity contribution >= 4 is 34.5 Å². The predicted molar refractivity (Wildman–Crippen MR) is 104 cm³/mol. The number of hydrogen-bond acceptors (Lipinski definition) is 6. The molecule has 3 aromatic rings. The van der Waals surface area contributed by atoms with E-state index in [1.54, 1.807) is 24.3 Å². The second-order valence-corrected chi connectivity index (χ2v) is 6.70. The van der Waals surface area contributed by atoms with Crippen LogP contribution in [0.25, 0.3) is 11.2 Å². The Labute approximate surface area is 158 Å². The maximum Gasteiger partial charge on any atom is 0.332 e. The van der Waals surface area contributed by atoms with Crippen molar-refractivity contribution in [3.63, 3.8) is 0 Å². The first kappa shape index (κ1) is 18.8. The summed E-state index contributed by atoms with van der Waals surface area (Å²) in [6.07, 6.45) is 0. The number of rotatable bonds is 6. The van der Waals surface area contributed by atoms with Gasteiger partial charge in [0.15, 0.2) is 16.3 Å². The average Bonchev–Trinajstić information content (AvgIpc) is 3.09. The van der Waals surface area contributed by atoms with Crippen LogP contribution in [0.2, 0.25) is 0 Å². The van der Waals surface area contributed by atoms with Crippen LogP contribution < -0.4 is 21.3 Å². The van der Waals surface area contributed by atoms with Crippen LogP contribution in [-0.2, 0) is 18.9 Å². The van der Waals surface area contributed by atoms with Gasteiger partial charge in [0.25, 0.3) is 5.56 Å². The van der Waals surface area contributed by atoms with E-state index in [2.05, 4.69) is 15.3 Å². The van der Waals surface area contributed by atoms with E-state index in [4.69, 9.17) is 4.74 Å². The van der Waals surface area contributed by atoms with E-state index < -0.39 is 11.2 Å². The maximum absolute atomic E-state index is 12.1. The summed E-state index contributed by atoms with van der Waals surface area (Å²) in [4.78, 5) is 43.3. The van der Waals surface area contributed by atoms with Crippen LogP contribution in [0.3, 0.4) is 0 Å². The third-order valence-electron chi connectivity index (χ3n) is 3.86. The predicted octanol–water partition coefficient (Wildman–Crippen LogP) is 1.09. The number of aromatic amines is 1. The molecule has 9 nitrogen and oxygen atoms in total. The lowest BCUT2D eigenvalue weighted by Crippen LogP contribution is -2.36. The summed E-state index contributed by atoms with van der Waals surface area (Å²) < 4.78 is 7.65. The molecule has 0 atom stereocenters. The van der Waals surface area contributed by atoms with Gasteiger partial charge in [-0.15, -0.1) is 0 Å². The van der Waals surface area contributed by atoms with Gasteiger partial charge < -0.3 is 15.0 Å². The number of thioether (sulfide) groups is 1. The molecule has 0 fully saturated rings.